The minimum atomic E-state index is -0.898. The zero-order chi connectivity index (χ0) is 20.6. The van der Waals surface area contributed by atoms with Crippen LogP contribution in [0.3, 0.4) is 0 Å². The molecule has 154 valence electrons. The smallest absolute Gasteiger partial charge is 0.338 e. The summed E-state index contributed by atoms with van der Waals surface area (Å²) in [5.41, 5.74) is 0.932. The lowest BCUT2D eigenvalue weighted by molar-refractivity contribution is -0.00808. The summed E-state index contributed by atoms with van der Waals surface area (Å²) >= 11 is 0. The molecule has 0 radical (unpaired) electrons. The summed E-state index contributed by atoms with van der Waals surface area (Å²) in [7, 11) is 0. The van der Waals surface area contributed by atoms with Crippen LogP contribution >= 0.6 is 0 Å². The van der Waals surface area contributed by atoms with E-state index in [2.05, 4.69) is 0 Å². The van der Waals surface area contributed by atoms with Crippen molar-refractivity contribution in [1.29, 1.82) is 0 Å². The van der Waals surface area contributed by atoms with Crippen LogP contribution in [0.25, 0.3) is 0 Å². The molecule has 1 saturated carbocycles. The highest BCUT2D eigenvalue weighted by molar-refractivity contribution is 5.89. The molecule has 0 aromatic heterocycles. The molecule has 0 spiro atoms. The summed E-state index contributed by atoms with van der Waals surface area (Å²) < 4.78 is 11.0. The van der Waals surface area contributed by atoms with Gasteiger partial charge in [-0.1, -0.05) is 36.4 Å². The van der Waals surface area contributed by atoms with Crippen LogP contribution in [0.4, 0.5) is 0 Å². The largest absolute Gasteiger partial charge is 0.462 e. The van der Waals surface area contributed by atoms with Crippen molar-refractivity contribution in [1.82, 2.24) is 0 Å². The van der Waals surface area contributed by atoms with Crippen molar-refractivity contribution in [2.24, 2.45) is 17.8 Å². The molecule has 1 aliphatic carbocycles. The fourth-order valence-corrected chi connectivity index (χ4v) is 3.93. The van der Waals surface area contributed by atoms with E-state index in [0.29, 0.717) is 17.5 Å². The van der Waals surface area contributed by atoms with Crippen molar-refractivity contribution in [3.63, 3.8) is 0 Å². The fraction of sp³-hybridized carbons (Fsp3) is 0.391. The monoisotopic (exact) mass is 398 g/mol. The lowest BCUT2D eigenvalue weighted by Crippen LogP contribution is -2.34. The molecule has 2 aromatic carbocycles. The average Bonchev–Trinajstić information content (AvgIpc) is 3.19. The van der Waals surface area contributed by atoms with E-state index in [1.807, 2.05) is 12.1 Å². The zero-order valence-corrected chi connectivity index (χ0v) is 16.1. The van der Waals surface area contributed by atoms with Crippen molar-refractivity contribution in [2.45, 2.75) is 18.9 Å². The predicted octanol–water partition coefficient (Wildman–Crippen LogP) is 2.70. The first-order chi connectivity index (χ1) is 14.1. The summed E-state index contributed by atoms with van der Waals surface area (Å²) in [5, 5.41) is 19.6. The molecule has 1 aliphatic rings. The van der Waals surface area contributed by atoms with Gasteiger partial charge in [-0.05, 0) is 48.9 Å². The molecule has 0 unspecified atom stereocenters. The lowest BCUT2D eigenvalue weighted by atomic mass is 9.87. The minimum Gasteiger partial charge on any atom is -0.462 e. The fourth-order valence-electron chi connectivity index (χ4n) is 3.93. The second kappa shape index (κ2) is 10.2. The molecule has 0 saturated heterocycles. The van der Waals surface area contributed by atoms with Gasteiger partial charge in [-0.15, -0.1) is 0 Å². The number of esters is 2. The van der Waals surface area contributed by atoms with Gasteiger partial charge < -0.3 is 19.7 Å². The van der Waals surface area contributed by atoms with E-state index in [1.165, 1.54) is 0 Å². The topological polar surface area (TPSA) is 93.1 Å². The Balaban J connectivity index is 1.62. The number of hydrogen-bond acceptors (Lipinski definition) is 6. The molecule has 2 aromatic rings. The summed E-state index contributed by atoms with van der Waals surface area (Å²) in [6.07, 6.45) is 0.491. The second-order valence-corrected chi connectivity index (χ2v) is 7.34. The number of carbonyl (C=O) groups is 2. The van der Waals surface area contributed by atoms with Gasteiger partial charge in [-0.2, -0.15) is 0 Å². The average molecular weight is 398 g/mol. The maximum atomic E-state index is 12.3. The van der Waals surface area contributed by atoms with Gasteiger partial charge in [0.1, 0.15) is 0 Å². The Morgan fingerprint density at radius 1 is 0.862 bits per heavy atom. The molecule has 3 rings (SSSR count). The SMILES string of the molecule is O=C(OC[C@H]1CC[C@H]([C@H](O)CO)[C@@H]1COC(=O)c1ccccc1)c1ccccc1. The molecule has 4 atom stereocenters. The predicted molar refractivity (Wildman–Crippen MR) is 106 cm³/mol. The third-order valence-electron chi connectivity index (χ3n) is 5.56. The Morgan fingerprint density at radius 2 is 1.38 bits per heavy atom. The molecule has 0 aliphatic heterocycles. The molecule has 2 N–H and O–H groups in total. The van der Waals surface area contributed by atoms with Gasteiger partial charge >= 0.3 is 11.9 Å². The first-order valence-corrected chi connectivity index (χ1v) is 9.83. The normalized spacial score (nSPS) is 22.1. The maximum Gasteiger partial charge on any atom is 0.338 e. The van der Waals surface area contributed by atoms with Crippen LogP contribution in [0.5, 0.6) is 0 Å². The number of carbonyl (C=O) groups excluding carboxylic acids is 2. The highest BCUT2D eigenvalue weighted by atomic mass is 16.5. The van der Waals surface area contributed by atoms with Crippen LogP contribution in [0.15, 0.2) is 60.7 Å². The molecular formula is C23H26O6. The third-order valence-corrected chi connectivity index (χ3v) is 5.56. The number of ether oxygens (including phenoxy) is 2. The zero-order valence-electron chi connectivity index (χ0n) is 16.1. The number of rotatable bonds is 8. The van der Waals surface area contributed by atoms with Gasteiger partial charge in [0.05, 0.1) is 37.1 Å². The molecule has 1 fully saturated rings. The van der Waals surface area contributed by atoms with Crippen molar-refractivity contribution in [3.8, 4) is 0 Å². The summed E-state index contributed by atoms with van der Waals surface area (Å²) in [6, 6.07) is 17.4. The highest BCUT2D eigenvalue weighted by Crippen LogP contribution is 2.39. The lowest BCUT2D eigenvalue weighted by Gasteiger charge is -2.27. The van der Waals surface area contributed by atoms with Crippen molar-refractivity contribution in [2.75, 3.05) is 19.8 Å². The molecule has 0 heterocycles. The van der Waals surface area contributed by atoms with E-state index in [4.69, 9.17) is 9.47 Å². The van der Waals surface area contributed by atoms with Crippen LogP contribution in [-0.4, -0.2) is 48.1 Å². The Kier molecular flexibility index (Phi) is 7.38. The summed E-state index contributed by atoms with van der Waals surface area (Å²) in [6.45, 7) is -0.0801. The molecule has 6 nitrogen and oxygen atoms in total. The van der Waals surface area contributed by atoms with E-state index in [9.17, 15) is 19.8 Å². The quantitative estimate of drug-likeness (QED) is 0.664. The van der Waals surface area contributed by atoms with Crippen LogP contribution in [0.1, 0.15) is 33.6 Å². The Morgan fingerprint density at radius 3 is 1.90 bits per heavy atom. The van der Waals surface area contributed by atoms with Gasteiger partial charge in [-0.3, -0.25) is 0 Å². The summed E-state index contributed by atoms with van der Waals surface area (Å²) in [5.74, 6) is -1.32. The van der Waals surface area contributed by atoms with E-state index >= 15 is 0 Å². The van der Waals surface area contributed by atoms with E-state index < -0.39 is 18.0 Å². The van der Waals surface area contributed by atoms with Crippen molar-refractivity contribution in [3.05, 3.63) is 71.8 Å². The summed E-state index contributed by atoms with van der Waals surface area (Å²) in [4.78, 5) is 24.5. The van der Waals surface area contributed by atoms with Crippen LogP contribution < -0.4 is 0 Å². The van der Waals surface area contributed by atoms with E-state index in [-0.39, 0.29) is 37.6 Å². The molecule has 0 bridgehead atoms. The molecule has 6 heteroatoms. The Bertz CT molecular complexity index is 792. The Hall–Kier alpha value is -2.70. The van der Waals surface area contributed by atoms with Gasteiger partial charge in [0.15, 0.2) is 0 Å². The standard InChI is InChI=1S/C23H26O6/c24-13-21(25)19-12-11-18(14-28-22(26)16-7-3-1-4-8-16)20(19)15-29-23(27)17-9-5-2-6-10-17/h1-10,18-21,24-25H,11-15H2/t18-,19+,20-,21-/m1/s1. The first-order valence-electron chi connectivity index (χ1n) is 9.83. The number of benzene rings is 2. The second-order valence-electron chi connectivity index (χ2n) is 7.34. The Labute approximate surface area is 170 Å². The highest BCUT2D eigenvalue weighted by Gasteiger charge is 2.41. The van der Waals surface area contributed by atoms with Gasteiger partial charge in [-0.25, -0.2) is 9.59 Å². The molecular weight excluding hydrogens is 372 g/mol. The van der Waals surface area contributed by atoms with Crippen LogP contribution in [0, 0.1) is 17.8 Å². The van der Waals surface area contributed by atoms with Gasteiger partial charge in [0, 0.05) is 5.92 Å². The van der Waals surface area contributed by atoms with Crippen LogP contribution in [0.2, 0.25) is 0 Å². The molecule has 0 amide bonds. The maximum absolute atomic E-state index is 12.3. The van der Waals surface area contributed by atoms with Crippen molar-refractivity contribution < 1.29 is 29.3 Å². The third kappa shape index (κ3) is 5.43. The number of aliphatic hydroxyl groups is 2. The van der Waals surface area contributed by atoms with E-state index in [1.54, 1.807) is 48.5 Å². The molecule has 29 heavy (non-hydrogen) atoms. The number of aliphatic hydroxyl groups excluding tert-OH is 2. The van der Waals surface area contributed by atoms with Crippen molar-refractivity contribution >= 4 is 11.9 Å². The number of hydrogen-bond donors (Lipinski definition) is 2. The van der Waals surface area contributed by atoms with Crippen LogP contribution in [-0.2, 0) is 9.47 Å². The first kappa shape index (κ1) is 21.0. The van der Waals surface area contributed by atoms with E-state index in [0.717, 1.165) is 6.42 Å². The van der Waals surface area contributed by atoms with Gasteiger partial charge in [0.25, 0.3) is 0 Å². The van der Waals surface area contributed by atoms with Gasteiger partial charge in [0.2, 0.25) is 0 Å². The minimum absolute atomic E-state index is 0.0579.